The summed E-state index contributed by atoms with van der Waals surface area (Å²) in [5.74, 6) is 0.719. The van der Waals surface area contributed by atoms with E-state index in [1.807, 2.05) is 0 Å². The first-order chi connectivity index (χ1) is 11.7. The summed E-state index contributed by atoms with van der Waals surface area (Å²) in [6.45, 7) is 7.13. The number of ether oxygens (including phenoxy) is 1. The Morgan fingerprint density at radius 2 is 2.12 bits per heavy atom. The normalized spacial score (nSPS) is 29.0. The third-order valence-corrected chi connectivity index (χ3v) is 5.74. The molecule has 0 spiro atoms. The van der Waals surface area contributed by atoms with Gasteiger partial charge in [0.2, 0.25) is 0 Å². The summed E-state index contributed by atoms with van der Waals surface area (Å²) >= 11 is 0. The Bertz CT molecular complexity index is 475. The maximum Gasteiger partial charge on any atom is 0.0623 e. The smallest absolute Gasteiger partial charge is 0.0623 e. The van der Waals surface area contributed by atoms with Crippen molar-refractivity contribution >= 4 is 0 Å². The van der Waals surface area contributed by atoms with E-state index in [9.17, 15) is 0 Å². The van der Waals surface area contributed by atoms with Gasteiger partial charge in [0.1, 0.15) is 0 Å². The van der Waals surface area contributed by atoms with E-state index in [1.165, 1.54) is 24.8 Å². The van der Waals surface area contributed by atoms with Gasteiger partial charge in [0.25, 0.3) is 0 Å². The molecule has 1 saturated heterocycles. The maximum absolute atomic E-state index is 5.67. The molecule has 4 unspecified atom stereocenters. The lowest BCUT2D eigenvalue weighted by molar-refractivity contribution is 0.0520. The fraction of sp³-hybridized carbons (Fsp3) is 0.700. The number of nitrogens with zero attached hydrogens (tertiary/aromatic N) is 1. The summed E-state index contributed by atoms with van der Waals surface area (Å²) in [6, 6.07) is 12.4. The van der Waals surface area contributed by atoms with Crippen molar-refractivity contribution in [3.63, 3.8) is 0 Å². The highest BCUT2D eigenvalue weighted by atomic mass is 16.5. The van der Waals surface area contributed by atoms with E-state index in [2.05, 4.69) is 59.8 Å². The topological polar surface area (TPSA) is 36.5 Å². The van der Waals surface area contributed by atoms with Gasteiger partial charge in [0, 0.05) is 37.8 Å². The molecular formula is C20H33N3O. The van der Waals surface area contributed by atoms with Gasteiger partial charge in [-0.15, -0.1) is 0 Å². The minimum absolute atomic E-state index is 0.530. The standard InChI is InChI=1S/C20H33N3O/c1-16(23(2)14-17-7-4-3-5-8-17)13-22-19-10-6-9-18(19)20-15-24-12-11-21-20/h3-5,7-8,16,18-22H,6,9-15H2,1-2H3. The molecule has 4 heteroatoms. The third kappa shape index (κ3) is 4.79. The van der Waals surface area contributed by atoms with Gasteiger partial charge in [-0.25, -0.2) is 0 Å². The molecule has 1 heterocycles. The second-order valence-electron chi connectivity index (χ2n) is 7.49. The van der Waals surface area contributed by atoms with Gasteiger partial charge in [-0.3, -0.25) is 4.90 Å². The van der Waals surface area contributed by atoms with Crippen molar-refractivity contribution in [2.24, 2.45) is 5.92 Å². The molecule has 1 aromatic rings. The molecule has 0 bridgehead atoms. The van der Waals surface area contributed by atoms with Crippen LogP contribution in [0.3, 0.4) is 0 Å². The zero-order valence-corrected chi connectivity index (χ0v) is 15.2. The molecule has 1 aromatic carbocycles. The van der Waals surface area contributed by atoms with E-state index < -0.39 is 0 Å². The Hall–Kier alpha value is -0.940. The molecular weight excluding hydrogens is 298 g/mol. The van der Waals surface area contributed by atoms with Gasteiger partial charge in [-0.2, -0.15) is 0 Å². The highest BCUT2D eigenvalue weighted by molar-refractivity contribution is 5.14. The molecule has 2 N–H and O–H groups in total. The Balaban J connectivity index is 1.45. The number of hydrogen-bond donors (Lipinski definition) is 2. The fourth-order valence-electron chi connectivity index (χ4n) is 4.09. The van der Waals surface area contributed by atoms with Crippen LogP contribution < -0.4 is 10.6 Å². The minimum Gasteiger partial charge on any atom is -0.379 e. The second-order valence-corrected chi connectivity index (χ2v) is 7.49. The van der Waals surface area contributed by atoms with Crippen LogP contribution in [0.1, 0.15) is 31.7 Å². The Labute approximate surface area is 147 Å². The minimum atomic E-state index is 0.530. The molecule has 2 fully saturated rings. The lowest BCUT2D eigenvalue weighted by atomic mass is 9.94. The molecule has 1 saturated carbocycles. The number of rotatable bonds is 7. The molecule has 4 nitrogen and oxygen atoms in total. The number of nitrogens with one attached hydrogen (secondary N) is 2. The molecule has 4 atom stereocenters. The Morgan fingerprint density at radius 3 is 2.88 bits per heavy atom. The monoisotopic (exact) mass is 331 g/mol. The van der Waals surface area contributed by atoms with E-state index in [-0.39, 0.29) is 0 Å². The number of likely N-dealkylation sites (N-methyl/N-ethyl adjacent to an activating group) is 1. The van der Waals surface area contributed by atoms with Crippen LogP contribution in [-0.2, 0) is 11.3 Å². The van der Waals surface area contributed by atoms with Crippen LogP contribution in [0.4, 0.5) is 0 Å². The molecule has 0 amide bonds. The summed E-state index contributed by atoms with van der Waals surface area (Å²) in [7, 11) is 2.22. The van der Waals surface area contributed by atoms with Crippen LogP contribution >= 0.6 is 0 Å². The maximum atomic E-state index is 5.67. The van der Waals surface area contributed by atoms with Crippen LogP contribution in [0.5, 0.6) is 0 Å². The first-order valence-corrected chi connectivity index (χ1v) is 9.52. The van der Waals surface area contributed by atoms with E-state index in [1.54, 1.807) is 0 Å². The van der Waals surface area contributed by atoms with Crippen molar-refractivity contribution in [2.45, 2.75) is 50.9 Å². The van der Waals surface area contributed by atoms with E-state index in [4.69, 9.17) is 4.74 Å². The number of hydrogen-bond acceptors (Lipinski definition) is 4. The zero-order valence-electron chi connectivity index (χ0n) is 15.2. The van der Waals surface area contributed by atoms with Crippen LogP contribution in [0, 0.1) is 5.92 Å². The highest BCUT2D eigenvalue weighted by Gasteiger charge is 2.34. The lowest BCUT2D eigenvalue weighted by Gasteiger charge is -2.34. The number of morpholine rings is 1. The molecule has 0 radical (unpaired) electrons. The van der Waals surface area contributed by atoms with Crippen LogP contribution in [0.2, 0.25) is 0 Å². The predicted molar refractivity (Wildman–Crippen MR) is 99.1 cm³/mol. The first-order valence-electron chi connectivity index (χ1n) is 9.52. The van der Waals surface area contributed by atoms with Gasteiger partial charge in [0.15, 0.2) is 0 Å². The molecule has 1 aliphatic heterocycles. The van der Waals surface area contributed by atoms with Crippen molar-refractivity contribution in [3.05, 3.63) is 35.9 Å². The van der Waals surface area contributed by atoms with Gasteiger partial charge in [-0.05, 0) is 38.3 Å². The zero-order chi connectivity index (χ0) is 16.8. The van der Waals surface area contributed by atoms with E-state index in [0.717, 1.165) is 38.8 Å². The van der Waals surface area contributed by atoms with Gasteiger partial charge in [-0.1, -0.05) is 36.8 Å². The summed E-state index contributed by atoms with van der Waals surface area (Å²) in [6.07, 6.45) is 3.97. The molecule has 134 valence electrons. The summed E-state index contributed by atoms with van der Waals surface area (Å²) in [4.78, 5) is 2.44. The average molecular weight is 332 g/mol. The highest BCUT2D eigenvalue weighted by Crippen LogP contribution is 2.29. The molecule has 24 heavy (non-hydrogen) atoms. The van der Waals surface area contributed by atoms with Crippen LogP contribution in [0.25, 0.3) is 0 Å². The Morgan fingerprint density at radius 1 is 1.29 bits per heavy atom. The van der Waals surface area contributed by atoms with Gasteiger partial charge in [0.05, 0.1) is 13.2 Å². The molecule has 1 aliphatic carbocycles. The van der Waals surface area contributed by atoms with Crippen LogP contribution in [-0.4, -0.2) is 56.4 Å². The van der Waals surface area contributed by atoms with Crippen molar-refractivity contribution in [1.82, 2.24) is 15.5 Å². The predicted octanol–water partition coefficient (Wildman–Crippen LogP) is 2.25. The van der Waals surface area contributed by atoms with Gasteiger partial charge >= 0.3 is 0 Å². The Kier molecular flexibility index (Phi) is 6.67. The lowest BCUT2D eigenvalue weighted by Crippen LogP contribution is -2.52. The third-order valence-electron chi connectivity index (χ3n) is 5.74. The molecule has 3 rings (SSSR count). The summed E-state index contributed by atoms with van der Waals surface area (Å²) < 4.78 is 5.67. The summed E-state index contributed by atoms with van der Waals surface area (Å²) in [5.41, 5.74) is 1.38. The quantitative estimate of drug-likeness (QED) is 0.803. The molecule has 0 aromatic heterocycles. The first kappa shape index (κ1) is 17.9. The fourth-order valence-corrected chi connectivity index (χ4v) is 4.09. The van der Waals surface area contributed by atoms with Crippen molar-refractivity contribution < 1.29 is 4.74 Å². The van der Waals surface area contributed by atoms with Crippen LogP contribution in [0.15, 0.2) is 30.3 Å². The average Bonchev–Trinajstić information content (AvgIpc) is 3.10. The van der Waals surface area contributed by atoms with Gasteiger partial charge < -0.3 is 15.4 Å². The van der Waals surface area contributed by atoms with E-state index >= 15 is 0 Å². The molecule has 2 aliphatic rings. The largest absolute Gasteiger partial charge is 0.379 e. The van der Waals surface area contributed by atoms with Crippen molar-refractivity contribution in [1.29, 1.82) is 0 Å². The van der Waals surface area contributed by atoms with Crippen molar-refractivity contribution in [3.8, 4) is 0 Å². The SMILES string of the molecule is CC(CNC1CCCC1C1COCCN1)N(C)Cc1ccccc1. The summed E-state index contributed by atoms with van der Waals surface area (Å²) in [5, 5.41) is 7.52. The van der Waals surface area contributed by atoms with Crippen molar-refractivity contribution in [2.75, 3.05) is 33.4 Å². The number of benzene rings is 1. The van der Waals surface area contributed by atoms with E-state index in [0.29, 0.717) is 18.1 Å². The second kappa shape index (κ2) is 8.95.